The van der Waals surface area contributed by atoms with E-state index in [9.17, 15) is 0 Å². The van der Waals surface area contributed by atoms with Crippen molar-refractivity contribution in [1.29, 1.82) is 0 Å². The Morgan fingerprint density at radius 2 is 1.89 bits per heavy atom. The van der Waals surface area contributed by atoms with E-state index in [4.69, 9.17) is 15.0 Å². The van der Waals surface area contributed by atoms with E-state index in [-0.39, 0.29) is 6.04 Å². The normalized spacial score (nSPS) is 21.2. The molecule has 2 aromatic heterocycles. The highest BCUT2D eigenvalue weighted by Crippen LogP contribution is 2.36. The largest absolute Gasteiger partial charge is 0.346 e. The third kappa shape index (κ3) is 3.18. The fourth-order valence-electron chi connectivity index (χ4n) is 4.50. The average Bonchev–Trinajstić information content (AvgIpc) is 3.35. The molecule has 0 bridgehead atoms. The third-order valence-corrected chi connectivity index (χ3v) is 5.87. The molecule has 6 heteroatoms. The number of H-pyrrole nitrogens is 1. The molecule has 0 radical (unpaired) electrons. The summed E-state index contributed by atoms with van der Waals surface area (Å²) in [6.07, 6.45) is 4.57. The number of aromatic nitrogens is 4. The number of imidazole rings is 1. The number of anilines is 1. The van der Waals surface area contributed by atoms with Crippen LogP contribution in [0.4, 0.5) is 5.82 Å². The molecule has 140 valence electrons. The van der Waals surface area contributed by atoms with E-state index in [0.717, 1.165) is 73.8 Å². The molecule has 0 saturated carbocycles. The van der Waals surface area contributed by atoms with Gasteiger partial charge in [0.25, 0.3) is 0 Å². The maximum atomic E-state index is 4.86. The number of nitrogens with one attached hydrogen (secondary N) is 2. The van der Waals surface area contributed by atoms with Crippen molar-refractivity contribution < 1.29 is 0 Å². The summed E-state index contributed by atoms with van der Waals surface area (Å²) in [5, 5.41) is 3.44. The smallest absolute Gasteiger partial charge is 0.133 e. The third-order valence-electron chi connectivity index (χ3n) is 5.87. The summed E-state index contributed by atoms with van der Waals surface area (Å²) >= 11 is 0. The Bertz CT molecular complexity index is 910. The molecule has 0 spiro atoms. The van der Waals surface area contributed by atoms with Crippen molar-refractivity contribution in [3.63, 3.8) is 0 Å². The first-order valence-corrected chi connectivity index (χ1v) is 10.1. The molecule has 0 amide bonds. The highest BCUT2D eigenvalue weighted by molar-refractivity contribution is 5.75. The fourth-order valence-corrected chi connectivity index (χ4v) is 4.50. The zero-order chi connectivity index (χ0) is 18.2. The topological polar surface area (TPSA) is 69.7 Å². The van der Waals surface area contributed by atoms with Crippen LogP contribution in [0.1, 0.15) is 55.0 Å². The van der Waals surface area contributed by atoms with Crippen molar-refractivity contribution >= 4 is 16.9 Å². The second-order valence-corrected chi connectivity index (χ2v) is 7.71. The second kappa shape index (κ2) is 6.93. The molecule has 1 atom stereocenters. The summed E-state index contributed by atoms with van der Waals surface area (Å²) < 4.78 is 0. The van der Waals surface area contributed by atoms with Gasteiger partial charge >= 0.3 is 0 Å². The number of rotatable bonds is 3. The van der Waals surface area contributed by atoms with Crippen LogP contribution in [0, 0.1) is 6.92 Å². The van der Waals surface area contributed by atoms with E-state index in [2.05, 4.69) is 39.5 Å². The molecule has 2 aliphatic heterocycles. The predicted octanol–water partition coefficient (Wildman–Crippen LogP) is 3.47. The molecule has 2 N–H and O–H groups in total. The zero-order valence-electron chi connectivity index (χ0n) is 15.8. The molecule has 2 saturated heterocycles. The quantitative estimate of drug-likeness (QED) is 0.747. The zero-order valence-corrected chi connectivity index (χ0v) is 15.8. The molecule has 0 unspecified atom stereocenters. The predicted molar refractivity (Wildman–Crippen MR) is 107 cm³/mol. The van der Waals surface area contributed by atoms with Crippen LogP contribution in [0.3, 0.4) is 0 Å². The van der Waals surface area contributed by atoms with E-state index < -0.39 is 0 Å². The van der Waals surface area contributed by atoms with Crippen LogP contribution in [-0.2, 0) is 0 Å². The maximum Gasteiger partial charge on any atom is 0.133 e. The summed E-state index contributed by atoms with van der Waals surface area (Å²) in [4.78, 5) is 20.4. The number of benzene rings is 1. The van der Waals surface area contributed by atoms with Crippen LogP contribution in [0.25, 0.3) is 11.0 Å². The van der Waals surface area contributed by atoms with Gasteiger partial charge in [-0.05, 0) is 57.8 Å². The number of para-hydroxylation sites is 2. The Morgan fingerprint density at radius 1 is 1.04 bits per heavy atom. The van der Waals surface area contributed by atoms with Gasteiger partial charge in [0.1, 0.15) is 17.5 Å². The minimum Gasteiger partial charge on any atom is -0.346 e. The van der Waals surface area contributed by atoms with Gasteiger partial charge < -0.3 is 15.2 Å². The van der Waals surface area contributed by atoms with E-state index in [0.29, 0.717) is 5.92 Å². The Labute approximate surface area is 159 Å². The monoisotopic (exact) mass is 362 g/mol. The van der Waals surface area contributed by atoms with Crippen molar-refractivity contribution in [1.82, 2.24) is 25.3 Å². The van der Waals surface area contributed by atoms with Crippen molar-refractivity contribution in [2.75, 3.05) is 24.5 Å². The van der Waals surface area contributed by atoms with Crippen LogP contribution in [0.2, 0.25) is 0 Å². The van der Waals surface area contributed by atoms with E-state index in [1.54, 1.807) is 0 Å². The lowest BCUT2D eigenvalue weighted by Crippen LogP contribution is -2.28. The van der Waals surface area contributed by atoms with Crippen LogP contribution < -0.4 is 10.2 Å². The molecule has 2 aliphatic rings. The Balaban J connectivity index is 1.48. The van der Waals surface area contributed by atoms with Crippen LogP contribution in [0.15, 0.2) is 30.3 Å². The van der Waals surface area contributed by atoms with E-state index in [1.165, 1.54) is 5.69 Å². The summed E-state index contributed by atoms with van der Waals surface area (Å²) in [6.45, 7) is 5.19. The van der Waals surface area contributed by atoms with Crippen LogP contribution >= 0.6 is 0 Å². The number of fused-ring (bicyclic) bond motifs is 1. The first-order valence-electron chi connectivity index (χ1n) is 10.1. The molecule has 6 nitrogen and oxygen atoms in total. The van der Waals surface area contributed by atoms with Gasteiger partial charge in [-0.2, -0.15) is 0 Å². The van der Waals surface area contributed by atoms with E-state index >= 15 is 0 Å². The molecule has 5 rings (SSSR count). The Morgan fingerprint density at radius 3 is 2.74 bits per heavy atom. The number of nitrogens with zero attached hydrogens (tertiary/aromatic N) is 4. The molecule has 3 aromatic rings. The van der Waals surface area contributed by atoms with Gasteiger partial charge in [0, 0.05) is 24.2 Å². The maximum absolute atomic E-state index is 4.86. The van der Waals surface area contributed by atoms with Gasteiger partial charge in [0.2, 0.25) is 0 Å². The highest BCUT2D eigenvalue weighted by Gasteiger charge is 2.30. The standard InChI is InChI=1S/C21H26N6/c1-14-23-18(15-8-10-22-11-9-15)13-20(24-14)27-12-4-7-19(27)21-25-16-5-2-3-6-17(16)26-21/h2-3,5-6,13,15,19,22H,4,7-12H2,1H3,(H,25,26)/t19-/m0/s1. The van der Waals surface area contributed by atoms with Crippen molar-refractivity contribution in [2.45, 2.75) is 44.6 Å². The van der Waals surface area contributed by atoms with Gasteiger partial charge in [0.05, 0.1) is 17.1 Å². The molecule has 4 heterocycles. The highest BCUT2D eigenvalue weighted by atomic mass is 15.3. The molecule has 0 aliphatic carbocycles. The number of piperidine rings is 1. The molecule has 27 heavy (non-hydrogen) atoms. The number of aromatic amines is 1. The Hall–Kier alpha value is -2.47. The van der Waals surface area contributed by atoms with Gasteiger partial charge in [-0.25, -0.2) is 15.0 Å². The van der Waals surface area contributed by atoms with Gasteiger partial charge in [-0.3, -0.25) is 0 Å². The number of aryl methyl sites for hydroxylation is 1. The minimum absolute atomic E-state index is 0.257. The molecule has 1 aromatic carbocycles. The molecule has 2 fully saturated rings. The van der Waals surface area contributed by atoms with Gasteiger partial charge in [0.15, 0.2) is 0 Å². The lowest BCUT2D eigenvalue weighted by molar-refractivity contribution is 0.452. The number of hydrogen-bond acceptors (Lipinski definition) is 5. The SMILES string of the molecule is Cc1nc(C2CCNCC2)cc(N2CCC[C@H]2c2nc3ccccc3[nH]2)n1. The molecular formula is C21H26N6. The van der Waals surface area contributed by atoms with Crippen LogP contribution in [0.5, 0.6) is 0 Å². The van der Waals surface area contributed by atoms with Crippen LogP contribution in [-0.4, -0.2) is 39.6 Å². The second-order valence-electron chi connectivity index (χ2n) is 7.71. The summed E-state index contributed by atoms with van der Waals surface area (Å²) in [5.41, 5.74) is 3.34. The summed E-state index contributed by atoms with van der Waals surface area (Å²) in [7, 11) is 0. The lowest BCUT2D eigenvalue weighted by Gasteiger charge is -2.27. The molecular weight excluding hydrogens is 336 g/mol. The minimum atomic E-state index is 0.257. The fraction of sp³-hybridized carbons (Fsp3) is 0.476. The Kier molecular flexibility index (Phi) is 4.28. The summed E-state index contributed by atoms with van der Waals surface area (Å²) in [6, 6.07) is 10.7. The lowest BCUT2D eigenvalue weighted by atomic mass is 9.94. The van der Waals surface area contributed by atoms with Crippen molar-refractivity contribution in [3.8, 4) is 0 Å². The van der Waals surface area contributed by atoms with Crippen molar-refractivity contribution in [2.24, 2.45) is 0 Å². The first kappa shape index (κ1) is 16.7. The average molecular weight is 362 g/mol. The van der Waals surface area contributed by atoms with Crippen molar-refractivity contribution in [3.05, 3.63) is 47.7 Å². The van der Waals surface area contributed by atoms with Gasteiger partial charge in [-0.1, -0.05) is 12.1 Å². The summed E-state index contributed by atoms with van der Waals surface area (Å²) in [5.74, 6) is 3.52. The van der Waals surface area contributed by atoms with E-state index in [1.807, 2.05) is 13.0 Å². The first-order chi connectivity index (χ1) is 13.3. The van der Waals surface area contributed by atoms with Gasteiger partial charge in [-0.15, -0.1) is 0 Å². The number of hydrogen-bond donors (Lipinski definition) is 2.